The number of nitrogens with zero attached hydrogens (tertiary/aromatic N) is 2. The molecule has 0 aliphatic heterocycles. The average Bonchev–Trinajstić information content (AvgIpc) is 3.16. The number of rotatable bonds is 4. The van der Waals surface area contributed by atoms with Crippen LogP contribution in [0.3, 0.4) is 0 Å². The van der Waals surface area contributed by atoms with Crippen LogP contribution in [0.2, 0.25) is 4.34 Å². The second kappa shape index (κ2) is 6.68. The zero-order valence-electron chi connectivity index (χ0n) is 12.3. The third-order valence-electron chi connectivity index (χ3n) is 3.30. The summed E-state index contributed by atoms with van der Waals surface area (Å²) in [5.41, 5.74) is 1.21. The summed E-state index contributed by atoms with van der Waals surface area (Å²) < 4.78 is 0.663. The highest BCUT2D eigenvalue weighted by Gasteiger charge is 2.19. The highest BCUT2D eigenvalue weighted by Crippen LogP contribution is 2.33. The number of thiazole rings is 1. The van der Waals surface area contributed by atoms with Gasteiger partial charge in [0.2, 0.25) is 0 Å². The van der Waals surface area contributed by atoms with Gasteiger partial charge in [0.15, 0.2) is 5.13 Å². The number of nitro benzene ring substituents is 1. The maximum absolute atomic E-state index is 12.4. The fourth-order valence-corrected chi connectivity index (χ4v) is 3.91. The first-order valence-corrected chi connectivity index (χ1v) is 8.79. The lowest BCUT2D eigenvalue weighted by molar-refractivity contribution is -0.385. The number of anilines is 1. The van der Waals surface area contributed by atoms with Crippen molar-refractivity contribution < 1.29 is 9.72 Å². The van der Waals surface area contributed by atoms with E-state index in [4.69, 9.17) is 11.6 Å². The number of hydrogen-bond acceptors (Lipinski definition) is 6. The van der Waals surface area contributed by atoms with Crippen molar-refractivity contribution in [2.24, 2.45) is 0 Å². The Hall–Kier alpha value is -2.29. The molecule has 24 heavy (non-hydrogen) atoms. The SMILES string of the molecule is Cc1c(C(=O)Nc2nc(-c3ccc(Cl)s3)cs2)cccc1[N+](=O)[O-]. The van der Waals surface area contributed by atoms with Crippen LogP contribution in [0, 0.1) is 17.0 Å². The highest BCUT2D eigenvalue weighted by atomic mass is 35.5. The van der Waals surface area contributed by atoms with E-state index >= 15 is 0 Å². The first-order chi connectivity index (χ1) is 11.5. The Morgan fingerprint density at radius 3 is 2.79 bits per heavy atom. The Bertz CT molecular complexity index is 936. The molecule has 1 amide bonds. The van der Waals surface area contributed by atoms with Gasteiger partial charge in [0.25, 0.3) is 11.6 Å². The summed E-state index contributed by atoms with van der Waals surface area (Å²) in [7, 11) is 0. The smallest absolute Gasteiger partial charge is 0.273 e. The van der Waals surface area contributed by atoms with Gasteiger partial charge in [0, 0.05) is 22.6 Å². The maximum Gasteiger partial charge on any atom is 0.273 e. The normalized spacial score (nSPS) is 10.6. The predicted octanol–water partition coefficient (Wildman–Crippen LogP) is 4.99. The van der Waals surface area contributed by atoms with E-state index in [-0.39, 0.29) is 11.3 Å². The van der Waals surface area contributed by atoms with Crippen LogP contribution in [0.4, 0.5) is 10.8 Å². The zero-order chi connectivity index (χ0) is 17.3. The van der Waals surface area contributed by atoms with Crippen LogP contribution in [0.1, 0.15) is 15.9 Å². The number of carbonyl (C=O) groups is 1. The lowest BCUT2D eigenvalue weighted by Crippen LogP contribution is -2.13. The summed E-state index contributed by atoms with van der Waals surface area (Å²) in [6.07, 6.45) is 0. The van der Waals surface area contributed by atoms with Crippen molar-refractivity contribution in [1.29, 1.82) is 0 Å². The molecular weight excluding hydrogens is 370 g/mol. The molecule has 0 aliphatic rings. The van der Waals surface area contributed by atoms with Gasteiger partial charge >= 0.3 is 0 Å². The number of benzene rings is 1. The Morgan fingerprint density at radius 2 is 2.12 bits per heavy atom. The van der Waals surface area contributed by atoms with Crippen molar-refractivity contribution in [3.8, 4) is 10.6 Å². The minimum absolute atomic E-state index is 0.0873. The summed E-state index contributed by atoms with van der Waals surface area (Å²) in [5, 5.41) is 15.9. The van der Waals surface area contributed by atoms with Gasteiger partial charge < -0.3 is 0 Å². The maximum atomic E-state index is 12.4. The van der Waals surface area contributed by atoms with Crippen LogP contribution >= 0.6 is 34.3 Å². The summed E-state index contributed by atoms with van der Waals surface area (Å²) in [5.74, 6) is -0.429. The number of thiophene rings is 1. The Morgan fingerprint density at radius 1 is 1.33 bits per heavy atom. The molecule has 122 valence electrons. The summed E-state index contributed by atoms with van der Waals surface area (Å²) >= 11 is 8.59. The summed E-state index contributed by atoms with van der Waals surface area (Å²) in [6.45, 7) is 1.55. The van der Waals surface area contributed by atoms with Crippen LogP contribution in [0.15, 0.2) is 35.7 Å². The fourth-order valence-electron chi connectivity index (χ4n) is 2.13. The molecule has 0 saturated heterocycles. The van der Waals surface area contributed by atoms with Gasteiger partial charge in [-0.1, -0.05) is 17.7 Å². The summed E-state index contributed by atoms with van der Waals surface area (Å²) in [4.78, 5) is 28.1. The molecular formula is C15H10ClN3O3S2. The Balaban J connectivity index is 1.82. The van der Waals surface area contributed by atoms with Gasteiger partial charge in [-0.2, -0.15) is 0 Å². The molecule has 0 spiro atoms. The van der Waals surface area contributed by atoms with E-state index in [1.807, 2.05) is 11.4 Å². The number of hydrogen-bond donors (Lipinski definition) is 1. The molecule has 0 bridgehead atoms. The third-order valence-corrected chi connectivity index (χ3v) is 5.31. The Labute approximate surface area is 149 Å². The molecule has 1 N–H and O–H groups in total. The zero-order valence-corrected chi connectivity index (χ0v) is 14.7. The number of carbonyl (C=O) groups excluding carboxylic acids is 1. The van der Waals surface area contributed by atoms with Gasteiger partial charge in [-0.3, -0.25) is 20.2 Å². The average molecular weight is 380 g/mol. The molecule has 0 fully saturated rings. The number of nitrogens with one attached hydrogen (secondary N) is 1. The number of halogens is 1. The van der Waals surface area contributed by atoms with E-state index in [2.05, 4.69) is 10.3 Å². The molecule has 1 aromatic carbocycles. The predicted molar refractivity (Wildman–Crippen MR) is 96.2 cm³/mol. The molecule has 9 heteroatoms. The van der Waals surface area contributed by atoms with Crippen molar-refractivity contribution in [2.75, 3.05) is 5.32 Å². The van der Waals surface area contributed by atoms with E-state index in [0.717, 1.165) is 10.6 Å². The molecule has 3 aromatic rings. The van der Waals surface area contributed by atoms with Crippen molar-refractivity contribution in [3.63, 3.8) is 0 Å². The second-order valence-electron chi connectivity index (χ2n) is 4.80. The first-order valence-electron chi connectivity index (χ1n) is 6.72. The van der Waals surface area contributed by atoms with Crippen molar-refractivity contribution in [3.05, 3.63) is 61.3 Å². The van der Waals surface area contributed by atoms with Crippen LogP contribution in [0.5, 0.6) is 0 Å². The van der Waals surface area contributed by atoms with E-state index in [1.54, 1.807) is 19.1 Å². The first kappa shape index (κ1) is 16.6. The molecule has 0 radical (unpaired) electrons. The molecule has 3 rings (SSSR count). The van der Waals surface area contributed by atoms with Gasteiger partial charge in [-0.05, 0) is 25.1 Å². The number of aromatic nitrogens is 1. The van der Waals surface area contributed by atoms with Gasteiger partial charge in [0.1, 0.15) is 0 Å². The number of amides is 1. The topological polar surface area (TPSA) is 85.1 Å². The monoisotopic (exact) mass is 379 g/mol. The van der Waals surface area contributed by atoms with Crippen LogP contribution in [0.25, 0.3) is 10.6 Å². The van der Waals surface area contributed by atoms with E-state index in [1.165, 1.54) is 34.8 Å². The van der Waals surface area contributed by atoms with Gasteiger partial charge in [0.05, 0.1) is 19.8 Å². The van der Waals surface area contributed by atoms with Crippen LogP contribution in [-0.2, 0) is 0 Å². The second-order valence-corrected chi connectivity index (χ2v) is 7.38. The lowest BCUT2D eigenvalue weighted by Gasteiger charge is -2.05. The molecule has 2 heterocycles. The largest absolute Gasteiger partial charge is 0.298 e. The molecule has 0 saturated carbocycles. The van der Waals surface area contributed by atoms with E-state index < -0.39 is 10.8 Å². The highest BCUT2D eigenvalue weighted by molar-refractivity contribution is 7.20. The van der Waals surface area contributed by atoms with Crippen molar-refractivity contribution in [1.82, 2.24) is 4.98 Å². The van der Waals surface area contributed by atoms with Gasteiger partial charge in [-0.25, -0.2) is 4.98 Å². The molecule has 0 unspecified atom stereocenters. The van der Waals surface area contributed by atoms with Crippen molar-refractivity contribution >= 4 is 51.0 Å². The molecule has 2 aromatic heterocycles. The van der Waals surface area contributed by atoms with E-state index in [9.17, 15) is 14.9 Å². The quantitative estimate of drug-likeness (QED) is 0.511. The Kier molecular flexibility index (Phi) is 4.61. The minimum atomic E-state index is -0.506. The standard InChI is InChI=1S/C15H10ClN3O3S2/c1-8-9(3-2-4-11(8)19(21)22)14(20)18-15-17-10(7-23-15)12-5-6-13(16)24-12/h2-7H,1H3,(H,17,18,20). The molecule has 6 nitrogen and oxygen atoms in total. The van der Waals surface area contributed by atoms with Crippen LogP contribution < -0.4 is 5.32 Å². The van der Waals surface area contributed by atoms with Gasteiger partial charge in [-0.15, -0.1) is 22.7 Å². The third kappa shape index (κ3) is 3.30. The van der Waals surface area contributed by atoms with Crippen LogP contribution in [-0.4, -0.2) is 15.8 Å². The minimum Gasteiger partial charge on any atom is -0.298 e. The lowest BCUT2D eigenvalue weighted by atomic mass is 10.1. The fraction of sp³-hybridized carbons (Fsp3) is 0.0667. The molecule has 0 atom stereocenters. The molecule has 0 aliphatic carbocycles. The van der Waals surface area contributed by atoms with E-state index in [0.29, 0.717) is 15.0 Å². The summed E-state index contributed by atoms with van der Waals surface area (Å²) in [6, 6.07) is 8.05. The number of nitro groups is 1. The van der Waals surface area contributed by atoms with Crippen molar-refractivity contribution in [2.45, 2.75) is 6.92 Å².